The van der Waals surface area contributed by atoms with Gasteiger partial charge in [0, 0.05) is 11.6 Å². The molecule has 8 nitrogen and oxygen atoms in total. The average molecular weight is 497 g/mol. The summed E-state index contributed by atoms with van der Waals surface area (Å²) in [5.41, 5.74) is 0.776. The number of thiocarbonyl (C=S) groups is 1. The lowest BCUT2D eigenvalue weighted by Crippen LogP contribution is -2.54. The monoisotopic (exact) mass is 496 g/mol. The molecule has 0 spiro atoms. The summed E-state index contributed by atoms with van der Waals surface area (Å²) in [6, 6.07) is 14.4. The molecule has 1 aliphatic rings. The largest absolute Gasteiger partial charge is 0.494 e. The number of aromatic carboxylic acids is 1. The molecule has 0 unspecified atom stereocenters. The minimum absolute atomic E-state index is 0.0340. The molecule has 1 fully saturated rings. The van der Waals surface area contributed by atoms with Gasteiger partial charge in [-0.25, -0.2) is 4.79 Å². The SMILES string of the molecule is CCOc1cccc(N2C(=O)C(=Cc3ccc(-c4ccc(C(=O)O)c(Cl)c4)o3)C(=O)NC2=S)c1. The third kappa shape index (κ3) is 4.57. The van der Waals surface area contributed by atoms with E-state index in [0.717, 1.165) is 0 Å². The summed E-state index contributed by atoms with van der Waals surface area (Å²) in [6.45, 7) is 2.30. The number of hydrogen-bond donors (Lipinski definition) is 2. The molecule has 0 atom stereocenters. The first kappa shape index (κ1) is 23.2. The van der Waals surface area contributed by atoms with Gasteiger partial charge in [0.15, 0.2) is 5.11 Å². The number of hydrogen-bond acceptors (Lipinski definition) is 6. The molecule has 1 aliphatic heterocycles. The standard InChI is InChI=1S/C24H17ClN2O6S/c1-2-32-15-5-3-4-14(11-15)27-22(29)18(21(28)26-24(27)34)12-16-7-9-20(33-16)13-6-8-17(23(30)31)19(25)10-13/h3-12H,2H2,1H3,(H,30,31)(H,26,28,34). The number of halogens is 1. The van der Waals surface area contributed by atoms with Gasteiger partial charge in [-0.3, -0.25) is 19.8 Å². The molecule has 0 saturated carbocycles. The van der Waals surface area contributed by atoms with Crippen LogP contribution >= 0.6 is 23.8 Å². The topological polar surface area (TPSA) is 109 Å². The Hall–Kier alpha value is -3.95. The number of rotatable bonds is 6. The fraction of sp³-hybridized carbons (Fsp3) is 0.0833. The highest BCUT2D eigenvalue weighted by atomic mass is 35.5. The van der Waals surface area contributed by atoms with E-state index in [4.69, 9.17) is 38.1 Å². The minimum Gasteiger partial charge on any atom is -0.494 e. The van der Waals surface area contributed by atoms with Crippen LogP contribution in [0.2, 0.25) is 5.02 Å². The predicted octanol–water partition coefficient (Wildman–Crippen LogP) is 4.53. The Kier molecular flexibility index (Phi) is 6.49. The van der Waals surface area contributed by atoms with Crippen LogP contribution in [0.1, 0.15) is 23.0 Å². The molecule has 0 radical (unpaired) electrons. The van der Waals surface area contributed by atoms with Crippen LogP contribution in [0.15, 0.2) is 64.6 Å². The first-order valence-electron chi connectivity index (χ1n) is 10.1. The summed E-state index contributed by atoms with van der Waals surface area (Å²) < 4.78 is 11.2. The van der Waals surface area contributed by atoms with Gasteiger partial charge in [-0.1, -0.05) is 23.7 Å². The fourth-order valence-corrected chi connectivity index (χ4v) is 3.88. The zero-order chi connectivity index (χ0) is 24.4. The van der Waals surface area contributed by atoms with Gasteiger partial charge in [-0.05, 0) is 61.6 Å². The number of ether oxygens (including phenoxy) is 1. The number of carboxylic acids is 1. The number of anilines is 1. The van der Waals surface area contributed by atoms with Crippen LogP contribution in [0.25, 0.3) is 17.4 Å². The van der Waals surface area contributed by atoms with Crippen LogP contribution in [0, 0.1) is 0 Å². The molecule has 4 rings (SSSR count). The Bertz CT molecular complexity index is 1360. The van der Waals surface area contributed by atoms with Crippen molar-refractivity contribution in [1.29, 1.82) is 0 Å². The van der Waals surface area contributed by atoms with Gasteiger partial charge < -0.3 is 14.3 Å². The van der Waals surface area contributed by atoms with E-state index >= 15 is 0 Å². The third-order valence-electron chi connectivity index (χ3n) is 4.89. The smallest absolute Gasteiger partial charge is 0.337 e. The summed E-state index contributed by atoms with van der Waals surface area (Å²) in [4.78, 5) is 38.1. The highest BCUT2D eigenvalue weighted by Crippen LogP contribution is 2.29. The zero-order valence-electron chi connectivity index (χ0n) is 17.7. The van der Waals surface area contributed by atoms with E-state index < -0.39 is 17.8 Å². The van der Waals surface area contributed by atoms with Crippen LogP contribution in [0.5, 0.6) is 5.75 Å². The van der Waals surface area contributed by atoms with Crippen LogP contribution in [0.4, 0.5) is 5.69 Å². The second-order valence-electron chi connectivity index (χ2n) is 7.09. The number of nitrogens with one attached hydrogen (secondary N) is 1. The van der Waals surface area contributed by atoms with Gasteiger partial charge in [0.25, 0.3) is 11.8 Å². The van der Waals surface area contributed by atoms with Crippen molar-refractivity contribution in [2.45, 2.75) is 6.92 Å². The predicted molar refractivity (Wildman–Crippen MR) is 130 cm³/mol. The van der Waals surface area contributed by atoms with Gasteiger partial charge >= 0.3 is 5.97 Å². The molecule has 2 N–H and O–H groups in total. The maximum absolute atomic E-state index is 13.2. The van der Waals surface area contributed by atoms with Crippen LogP contribution in [-0.4, -0.2) is 34.6 Å². The maximum atomic E-state index is 13.2. The van der Waals surface area contributed by atoms with Gasteiger partial charge in [0.1, 0.15) is 22.8 Å². The fourth-order valence-electron chi connectivity index (χ4n) is 3.34. The van der Waals surface area contributed by atoms with E-state index in [1.54, 1.807) is 42.5 Å². The molecular weight excluding hydrogens is 480 g/mol. The minimum atomic E-state index is -1.14. The Labute approximate surface area is 204 Å². The normalized spacial score (nSPS) is 14.9. The molecule has 2 amide bonds. The van der Waals surface area contributed by atoms with E-state index in [2.05, 4.69) is 5.32 Å². The third-order valence-corrected chi connectivity index (χ3v) is 5.48. The maximum Gasteiger partial charge on any atom is 0.337 e. The number of carbonyl (C=O) groups excluding carboxylic acids is 2. The molecule has 2 aromatic carbocycles. The summed E-state index contributed by atoms with van der Waals surface area (Å²) in [5.74, 6) is -1.24. The molecule has 1 saturated heterocycles. The van der Waals surface area contributed by atoms with Crippen LogP contribution in [0.3, 0.4) is 0 Å². The summed E-state index contributed by atoms with van der Waals surface area (Å²) in [7, 11) is 0. The lowest BCUT2D eigenvalue weighted by Gasteiger charge is -2.29. The van der Waals surface area contributed by atoms with Crippen molar-refractivity contribution in [2.24, 2.45) is 0 Å². The highest BCUT2D eigenvalue weighted by Gasteiger charge is 2.35. The Morgan fingerprint density at radius 3 is 2.71 bits per heavy atom. The van der Waals surface area contributed by atoms with E-state index in [0.29, 0.717) is 29.4 Å². The molecule has 0 bridgehead atoms. The van der Waals surface area contributed by atoms with Gasteiger partial charge in [0.05, 0.1) is 22.9 Å². The molecule has 1 aromatic heterocycles. The van der Waals surface area contributed by atoms with Gasteiger partial charge in [-0.15, -0.1) is 0 Å². The van der Waals surface area contributed by atoms with E-state index in [9.17, 15) is 14.4 Å². The number of nitrogens with zero attached hydrogens (tertiary/aromatic N) is 1. The lowest BCUT2D eigenvalue weighted by molar-refractivity contribution is -0.122. The summed E-state index contributed by atoms with van der Waals surface area (Å²) >= 11 is 11.3. The summed E-state index contributed by atoms with van der Waals surface area (Å²) in [6.07, 6.45) is 1.32. The van der Waals surface area contributed by atoms with Crippen LogP contribution in [-0.2, 0) is 9.59 Å². The van der Waals surface area contributed by atoms with Crippen molar-refractivity contribution < 1.29 is 28.6 Å². The second kappa shape index (κ2) is 9.50. The van der Waals surface area contributed by atoms with Crippen molar-refractivity contribution in [3.05, 3.63) is 76.5 Å². The first-order valence-corrected chi connectivity index (χ1v) is 10.8. The van der Waals surface area contributed by atoms with Crippen molar-refractivity contribution in [2.75, 3.05) is 11.5 Å². The van der Waals surface area contributed by atoms with Crippen molar-refractivity contribution in [3.63, 3.8) is 0 Å². The number of amides is 2. The van der Waals surface area contributed by atoms with E-state index in [1.807, 2.05) is 6.92 Å². The van der Waals surface area contributed by atoms with Crippen molar-refractivity contribution in [3.8, 4) is 17.1 Å². The molecule has 34 heavy (non-hydrogen) atoms. The molecule has 172 valence electrons. The number of carbonyl (C=O) groups is 3. The molecule has 3 aromatic rings. The summed E-state index contributed by atoms with van der Waals surface area (Å²) in [5, 5.41) is 11.6. The number of benzene rings is 2. The Morgan fingerprint density at radius 2 is 2.00 bits per heavy atom. The Balaban J connectivity index is 1.64. The van der Waals surface area contributed by atoms with Crippen molar-refractivity contribution in [1.82, 2.24) is 5.32 Å². The van der Waals surface area contributed by atoms with E-state index in [1.165, 1.54) is 23.1 Å². The molecule has 0 aliphatic carbocycles. The lowest BCUT2D eigenvalue weighted by atomic mass is 10.1. The zero-order valence-corrected chi connectivity index (χ0v) is 19.3. The first-order chi connectivity index (χ1) is 16.3. The van der Waals surface area contributed by atoms with Crippen molar-refractivity contribution >= 4 is 58.5 Å². The molecular formula is C24H17ClN2O6S. The molecule has 10 heteroatoms. The Morgan fingerprint density at radius 1 is 1.21 bits per heavy atom. The molecule has 2 heterocycles. The van der Waals surface area contributed by atoms with Gasteiger partial charge in [-0.2, -0.15) is 0 Å². The number of carboxylic acid groups (broad SMARTS) is 1. The number of furan rings is 1. The van der Waals surface area contributed by atoms with Gasteiger partial charge in [0.2, 0.25) is 0 Å². The highest BCUT2D eigenvalue weighted by molar-refractivity contribution is 7.80. The average Bonchev–Trinajstić information content (AvgIpc) is 3.25. The quantitative estimate of drug-likeness (QED) is 0.293. The second-order valence-corrected chi connectivity index (χ2v) is 7.88. The van der Waals surface area contributed by atoms with E-state index in [-0.39, 0.29) is 27.0 Å². The van der Waals surface area contributed by atoms with Crippen LogP contribution < -0.4 is 15.0 Å².